The molecule has 0 bridgehead atoms. The van der Waals surface area contributed by atoms with Crippen LogP contribution in [0.2, 0.25) is 0 Å². The lowest BCUT2D eigenvalue weighted by atomic mass is 10.1. The van der Waals surface area contributed by atoms with E-state index in [4.69, 9.17) is 14.2 Å². The van der Waals surface area contributed by atoms with E-state index in [-0.39, 0.29) is 5.91 Å². The Kier molecular flexibility index (Phi) is 6.44. The van der Waals surface area contributed by atoms with Gasteiger partial charge in [-0.05, 0) is 42.8 Å². The number of ether oxygens (including phenoxy) is 3. The van der Waals surface area contributed by atoms with Crippen molar-refractivity contribution in [3.8, 4) is 17.2 Å². The highest BCUT2D eigenvalue weighted by Gasteiger charge is 2.12. The van der Waals surface area contributed by atoms with Crippen LogP contribution < -0.4 is 19.5 Å². The lowest BCUT2D eigenvalue weighted by Gasteiger charge is -2.08. The van der Waals surface area contributed by atoms with Crippen molar-refractivity contribution in [1.29, 1.82) is 0 Å². The zero-order valence-electron chi connectivity index (χ0n) is 15.9. The molecule has 8 heteroatoms. The molecule has 0 saturated heterocycles. The molecule has 0 aliphatic heterocycles. The van der Waals surface area contributed by atoms with Crippen molar-refractivity contribution in [2.75, 3.05) is 26.1 Å². The molecule has 28 heavy (non-hydrogen) atoms. The van der Waals surface area contributed by atoms with Gasteiger partial charge in [-0.25, -0.2) is 0 Å². The fourth-order valence-corrected chi connectivity index (χ4v) is 3.37. The molecule has 1 aromatic heterocycles. The summed E-state index contributed by atoms with van der Waals surface area (Å²) in [4.78, 5) is 12.4. The Labute approximate surface area is 167 Å². The Morgan fingerprint density at radius 3 is 2.64 bits per heavy atom. The number of anilines is 1. The maximum atomic E-state index is 12.4. The fraction of sp³-hybridized carbons (Fsp3) is 0.250. The number of amides is 1. The average molecular weight is 399 g/mol. The predicted octanol–water partition coefficient (Wildman–Crippen LogP) is 3.80. The number of aromatic nitrogens is 2. The van der Waals surface area contributed by atoms with Gasteiger partial charge in [0.2, 0.25) is 5.13 Å². The first-order valence-corrected chi connectivity index (χ1v) is 9.52. The van der Waals surface area contributed by atoms with Gasteiger partial charge in [0.15, 0.2) is 11.5 Å². The summed E-state index contributed by atoms with van der Waals surface area (Å²) in [6.45, 7) is 2.44. The molecule has 1 heterocycles. The van der Waals surface area contributed by atoms with E-state index in [0.29, 0.717) is 41.0 Å². The second kappa shape index (κ2) is 9.18. The summed E-state index contributed by atoms with van der Waals surface area (Å²) < 4.78 is 16.0. The summed E-state index contributed by atoms with van der Waals surface area (Å²) in [6.07, 6.45) is 0.577. The molecule has 0 aliphatic carbocycles. The third kappa shape index (κ3) is 4.77. The lowest BCUT2D eigenvalue weighted by Crippen LogP contribution is -2.11. The van der Waals surface area contributed by atoms with Gasteiger partial charge in [0.05, 0.1) is 20.8 Å². The van der Waals surface area contributed by atoms with Crippen LogP contribution >= 0.6 is 11.3 Å². The summed E-state index contributed by atoms with van der Waals surface area (Å²) in [7, 11) is 3.20. The van der Waals surface area contributed by atoms with E-state index in [1.807, 2.05) is 31.2 Å². The number of rotatable bonds is 8. The Morgan fingerprint density at radius 1 is 1.07 bits per heavy atom. The minimum atomic E-state index is -0.254. The molecule has 0 radical (unpaired) electrons. The quantitative estimate of drug-likeness (QED) is 0.620. The Balaban J connectivity index is 1.67. The zero-order valence-corrected chi connectivity index (χ0v) is 16.7. The number of carbonyl (C=O) groups is 1. The van der Waals surface area contributed by atoms with Crippen LogP contribution in [0, 0.1) is 0 Å². The zero-order chi connectivity index (χ0) is 19.9. The lowest BCUT2D eigenvalue weighted by molar-refractivity contribution is 0.102. The molecule has 7 nitrogen and oxygen atoms in total. The van der Waals surface area contributed by atoms with Gasteiger partial charge >= 0.3 is 0 Å². The molecule has 0 atom stereocenters. The Hall–Kier alpha value is -3.13. The van der Waals surface area contributed by atoms with Gasteiger partial charge in [-0.3, -0.25) is 10.1 Å². The number of methoxy groups -OCH3 is 2. The van der Waals surface area contributed by atoms with E-state index in [2.05, 4.69) is 15.5 Å². The van der Waals surface area contributed by atoms with Gasteiger partial charge in [-0.2, -0.15) is 0 Å². The molecule has 1 N–H and O–H groups in total. The van der Waals surface area contributed by atoms with Crippen LogP contribution in [0.25, 0.3) is 0 Å². The summed E-state index contributed by atoms with van der Waals surface area (Å²) in [5.41, 5.74) is 1.51. The molecule has 3 rings (SSSR count). The van der Waals surface area contributed by atoms with Crippen molar-refractivity contribution < 1.29 is 19.0 Å². The maximum absolute atomic E-state index is 12.4. The van der Waals surface area contributed by atoms with E-state index >= 15 is 0 Å². The number of hydrogen-bond donors (Lipinski definition) is 1. The minimum Gasteiger partial charge on any atom is -0.494 e. The molecule has 0 aliphatic rings. The van der Waals surface area contributed by atoms with Crippen molar-refractivity contribution >= 4 is 22.4 Å². The topological polar surface area (TPSA) is 82.6 Å². The molecule has 1 amide bonds. The molecule has 0 fully saturated rings. The second-order valence-electron chi connectivity index (χ2n) is 5.78. The standard InChI is InChI=1S/C20H21N3O4S/c1-4-27-15-7-5-6-14(12-15)19(24)21-20-23-22-18(28-20)11-13-8-9-16(25-2)17(10-13)26-3/h5-10,12H,4,11H2,1-3H3,(H,21,23,24). The van der Waals surface area contributed by atoms with E-state index in [0.717, 1.165) is 10.6 Å². The van der Waals surface area contributed by atoms with E-state index in [1.165, 1.54) is 11.3 Å². The average Bonchev–Trinajstić information content (AvgIpc) is 3.15. The number of benzene rings is 2. The highest BCUT2D eigenvalue weighted by atomic mass is 32.1. The first kappa shape index (κ1) is 19.6. The molecule has 0 unspecified atom stereocenters. The number of hydrogen-bond acceptors (Lipinski definition) is 7. The van der Waals surface area contributed by atoms with Crippen LogP contribution in [0.15, 0.2) is 42.5 Å². The maximum Gasteiger partial charge on any atom is 0.257 e. The van der Waals surface area contributed by atoms with Crippen molar-refractivity contribution in [3.05, 3.63) is 58.6 Å². The monoisotopic (exact) mass is 399 g/mol. The van der Waals surface area contributed by atoms with Crippen LogP contribution in [-0.2, 0) is 6.42 Å². The smallest absolute Gasteiger partial charge is 0.257 e. The van der Waals surface area contributed by atoms with E-state index < -0.39 is 0 Å². The SMILES string of the molecule is CCOc1cccc(C(=O)Nc2nnc(Cc3ccc(OC)c(OC)c3)s2)c1. The molecule has 2 aromatic carbocycles. The molecular formula is C20H21N3O4S. The van der Waals surface area contributed by atoms with Crippen LogP contribution in [0.3, 0.4) is 0 Å². The van der Waals surface area contributed by atoms with Gasteiger partial charge in [0.25, 0.3) is 5.91 Å². The molecule has 3 aromatic rings. The molecule has 0 saturated carbocycles. The van der Waals surface area contributed by atoms with Gasteiger partial charge in [-0.15, -0.1) is 10.2 Å². The third-order valence-electron chi connectivity index (χ3n) is 3.90. The van der Waals surface area contributed by atoms with E-state index in [1.54, 1.807) is 32.4 Å². The van der Waals surface area contributed by atoms with Crippen LogP contribution in [0.4, 0.5) is 5.13 Å². The minimum absolute atomic E-state index is 0.254. The number of nitrogens with one attached hydrogen (secondary N) is 1. The summed E-state index contributed by atoms with van der Waals surface area (Å²) in [5, 5.41) is 12.2. The van der Waals surface area contributed by atoms with Gasteiger partial charge in [-0.1, -0.05) is 23.5 Å². The second-order valence-corrected chi connectivity index (χ2v) is 6.84. The number of carbonyl (C=O) groups excluding carboxylic acids is 1. The Morgan fingerprint density at radius 2 is 1.89 bits per heavy atom. The van der Waals surface area contributed by atoms with Crippen LogP contribution in [0.5, 0.6) is 17.2 Å². The van der Waals surface area contributed by atoms with Crippen molar-refractivity contribution in [1.82, 2.24) is 10.2 Å². The summed E-state index contributed by atoms with van der Waals surface area (Å²) in [5.74, 6) is 1.73. The van der Waals surface area contributed by atoms with E-state index in [9.17, 15) is 4.79 Å². The largest absolute Gasteiger partial charge is 0.494 e. The first-order chi connectivity index (χ1) is 13.6. The van der Waals surface area contributed by atoms with Crippen molar-refractivity contribution in [3.63, 3.8) is 0 Å². The van der Waals surface area contributed by atoms with Crippen LogP contribution in [0.1, 0.15) is 27.9 Å². The molecule has 146 valence electrons. The highest BCUT2D eigenvalue weighted by molar-refractivity contribution is 7.15. The van der Waals surface area contributed by atoms with Gasteiger partial charge < -0.3 is 14.2 Å². The Bertz CT molecular complexity index is 958. The number of nitrogens with zero attached hydrogens (tertiary/aromatic N) is 2. The summed E-state index contributed by atoms with van der Waals surface area (Å²) >= 11 is 1.33. The van der Waals surface area contributed by atoms with Gasteiger partial charge in [0.1, 0.15) is 10.8 Å². The highest BCUT2D eigenvalue weighted by Crippen LogP contribution is 2.29. The molecular weight excluding hydrogens is 378 g/mol. The molecule has 0 spiro atoms. The predicted molar refractivity (Wildman–Crippen MR) is 108 cm³/mol. The summed E-state index contributed by atoms with van der Waals surface area (Å²) in [6, 6.07) is 12.7. The fourth-order valence-electron chi connectivity index (χ4n) is 2.60. The van der Waals surface area contributed by atoms with Crippen molar-refractivity contribution in [2.45, 2.75) is 13.3 Å². The van der Waals surface area contributed by atoms with Crippen molar-refractivity contribution in [2.24, 2.45) is 0 Å². The first-order valence-electron chi connectivity index (χ1n) is 8.70. The van der Waals surface area contributed by atoms with Crippen LogP contribution in [-0.4, -0.2) is 36.9 Å². The third-order valence-corrected chi connectivity index (χ3v) is 4.74. The van der Waals surface area contributed by atoms with Gasteiger partial charge in [0, 0.05) is 12.0 Å². The normalized spacial score (nSPS) is 10.4.